The number of hydrogen-bond donors (Lipinski definition) is 3. The summed E-state index contributed by atoms with van der Waals surface area (Å²) >= 11 is 3.24. The van der Waals surface area contributed by atoms with Gasteiger partial charge in [-0.05, 0) is 65.7 Å². The van der Waals surface area contributed by atoms with E-state index < -0.39 is 15.6 Å². The van der Waals surface area contributed by atoms with Crippen molar-refractivity contribution in [2.75, 3.05) is 12.3 Å². The van der Waals surface area contributed by atoms with Crippen LogP contribution in [0, 0.1) is 5.92 Å². The van der Waals surface area contributed by atoms with Crippen LogP contribution >= 0.6 is 15.9 Å². The van der Waals surface area contributed by atoms with Crippen molar-refractivity contribution in [3.8, 4) is 0 Å². The molecule has 1 saturated carbocycles. The molecule has 21 heavy (non-hydrogen) atoms. The molecule has 0 spiro atoms. The number of anilines is 1. The number of nitrogen functional groups attached to an aromatic ring is 1. The molecule has 1 aromatic carbocycles. The number of benzene rings is 1. The van der Waals surface area contributed by atoms with Crippen LogP contribution < -0.4 is 10.5 Å². The van der Waals surface area contributed by atoms with Gasteiger partial charge in [0.2, 0.25) is 10.0 Å². The van der Waals surface area contributed by atoms with Crippen LogP contribution in [-0.4, -0.2) is 25.7 Å². The van der Waals surface area contributed by atoms with Gasteiger partial charge in [0.05, 0.1) is 17.0 Å². The Labute approximate surface area is 134 Å². The molecule has 7 heteroatoms. The van der Waals surface area contributed by atoms with Crippen molar-refractivity contribution in [3.05, 3.63) is 22.7 Å². The third-order valence-corrected chi connectivity index (χ3v) is 6.69. The summed E-state index contributed by atoms with van der Waals surface area (Å²) in [7, 11) is -3.71. The van der Waals surface area contributed by atoms with Crippen molar-refractivity contribution in [1.29, 1.82) is 0 Å². The lowest BCUT2D eigenvalue weighted by Gasteiger charge is -2.38. The van der Waals surface area contributed by atoms with Crippen LogP contribution in [-0.2, 0) is 10.0 Å². The topological polar surface area (TPSA) is 92.4 Å². The van der Waals surface area contributed by atoms with Gasteiger partial charge in [-0.2, -0.15) is 0 Å². The van der Waals surface area contributed by atoms with Gasteiger partial charge >= 0.3 is 0 Å². The molecule has 0 aliphatic heterocycles. The molecule has 4 N–H and O–H groups in total. The maximum absolute atomic E-state index is 12.6. The summed E-state index contributed by atoms with van der Waals surface area (Å²) in [5.74, 6) is 0.567. The molecule has 1 aromatic rings. The Balaban J connectivity index is 2.27. The highest BCUT2D eigenvalue weighted by Crippen LogP contribution is 2.34. The molecule has 5 nitrogen and oxygen atoms in total. The van der Waals surface area contributed by atoms with Crippen molar-refractivity contribution in [2.45, 2.75) is 43.0 Å². The lowest BCUT2D eigenvalue weighted by atomic mass is 9.78. The van der Waals surface area contributed by atoms with E-state index in [1.165, 1.54) is 6.07 Å². The van der Waals surface area contributed by atoms with Gasteiger partial charge in [0.25, 0.3) is 0 Å². The highest BCUT2D eigenvalue weighted by molar-refractivity contribution is 9.10. The van der Waals surface area contributed by atoms with Gasteiger partial charge in [-0.3, -0.25) is 0 Å². The minimum absolute atomic E-state index is 0.142. The van der Waals surface area contributed by atoms with Gasteiger partial charge in [0.15, 0.2) is 0 Å². The second-order valence-corrected chi connectivity index (χ2v) is 8.42. The standard InChI is InChI=1S/C14H21BrN2O3S/c1-10-4-6-14(9-18,7-5-10)17-21(19,20)13-3-2-11(16)8-12(13)15/h2-3,8,10,17-18H,4-7,9,16H2,1H3. The molecule has 0 atom stereocenters. The zero-order valence-corrected chi connectivity index (χ0v) is 14.4. The number of nitrogens with one attached hydrogen (secondary N) is 1. The Kier molecular flexibility index (Phi) is 4.97. The monoisotopic (exact) mass is 376 g/mol. The van der Waals surface area contributed by atoms with E-state index in [0.29, 0.717) is 28.9 Å². The minimum Gasteiger partial charge on any atom is -0.399 e. The van der Waals surface area contributed by atoms with Crippen LogP contribution in [0.1, 0.15) is 32.6 Å². The van der Waals surface area contributed by atoms with E-state index in [9.17, 15) is 13.5 Å². The van der Waals surface area contributed by atoms with Gasteiger partial charge in [0, 0.05) is 10.2 Å². The van der Waals surface area contributed by atoms with E-state index in [1.54, 1.807) is 12.1 Å². The quantitative estimate of drug-likeness (QED) is 0.702. The third kappa shape index (κ3) is 3.77. The Morgan fingerprint density at radius 1 is 1.43 bits per heavy atom. The summed E-state index contributed by atoms with van der Waals surface area (Å²) in [5.41, 5.74) is 5.37. The van der Waals surface area contributed by atoms with Gasteiger partial charge in [-0.15, -0.1) is 0 Å². The molecule has 0 aromatic heterocycles. The Morgan fingerprint density at radius 3 is 2.57 bits per heavy atom. The van der Waals surface area contributed by atoms with E-state index in [-0.39, 0.29) is 11.5 Å². The molecule has 1 aliphatic carbocycles. The zero-order chi connectivity index (χ0) is 15.7. The average molecular weight is 377 g/mol. The predicted octanol–water partition coefficient (Wildman–Crippen LogP) is 2.25. The SMILES string of the molecule is CC1CCC(CO)(NS(=O)(=O)c2ccc(N)cc2Br)CC1. The van der Waals surface area contributed by atoms with Crippen LogP contribution in [0.25, 0.3) is 0 Å². The first kappa shape index (κ1) is 16.7. The number of aliphatic hydroxyl groups excluding tert-OH is 1. The van der Waals surface area contributed by atoms with E-state index in [1.807, 2.05) is 0 Å². The first-order valence-electron chi connectivity index (χ1n) is 6.98. The number of aliphatic hydroxyl groups is 1. The second-order valence-electron chi connectivity index (χ2n) is 5.92. The fourth-order valence-corrected chi connectivity index (χ4v) is 5.23. The lowest BCUT2D eigenvalue weighted by Crippen LogP contribution is -2.53. The maximum Gasteiger partial charge on any atom is 0.242 e. The molecule has 0 unspecified atom stereocenters. The van der Waals surface area contributed by atoms with Crippen LogP contribution in [0.15, 0.2) is 27.6 Å². The first-order chi connectivity index (χ1) is 9.78. The van der Waals surface area contributed by atoms with Crippen molar-refractivity contribution < 1.29 is 13.5 Å². The second kappa shape index (κ2) is 6.24. The lowest BCUT2D eigenvalue weighted by molar-refractivity contribution is 0.125. The molecule has 0 heterocycles. The molecule has 0 radical (unpaired) electrons. The Morgan fingerprint density at radius 2 is 2.05 bits per heavy atom. The summed E-state index contributed by atoms with van der Waals surface area (Å²) in [6, 6.07) is 4.58. The van der Waals surface area contributed by atoms with Gasteiger partial charge in [0.1, 0.15) is 0 Å². The van der Waals surface area contributed by atoms with Crippen LogP contribution in [0.4, 0.5) is 5.69 Å². The number of hydrogen-bond acceptors (Lipinski definition) is 4. The molecule has 1 aliphatic rings. The van der Waals surface area contributed by atoms with Crippen molar-refractivity contribution in [3.63, 3.8) is 0 Å². The van der Waals surface area contributed by atoms with Crippen LogP contribution in [0.2, 0.25) is 0 Å². The molecular formula is C14H21BrN2O3S. The number of halogens is 1. The highest BCUT2D eigenvalue weighted by Gasteiger charge is 2.38. The fourth-order valence-electron chi connectivity index (χ4n) is 2.68. The number of sulfonamides is 1. The van der Waals surface area contributed by atoms with Crippen molar-refractivity contribution in [1.82, 2.24) is 4.72 Å². The molecule has 0 bridgehead atoms. The van der Waals surface area contributed by atoms with Crippen LogP contribution in [0.5, 0.6) is 0 Å². The fraction of sp³-hybridized carbons (Fsp3) is 0.571. The molecule has 118 valence electrons. The number of nitrogens with two attached hydrogens (primary N) is 1. The Hall–Kier alpha value is -0.630. The van der Waals surface area contributed by atoms with E-state index in [2.05, 4.69) is 27.6 Å². The van der Waals surface area contributed by atoms with Gasteiger partial charge < -0.3 is 10.8 Å². The highest BCUT2D eigenvalue weighted by atomic mass is 79.9. The summed E-state index contributed by atoms with van der Waals surface area (Å²) in [6.45, 7) is 1.96. The molecule has 2 rings (SSSR count). The largest absolute Gasteiger partial charge is 0.399 e. The van der Waals surface area contributed by atoms with E-state index in [0.717, 1.165) is 12.8 Å². The summed E-state index contributed by atoms with van der Waals surface area (Å²) in [4.78, 5) is 0.142. The van der Waals surface area contributed by atoms with Crippen molar-refractivity contribution in [2.24, 2.45) is 5.92 Å². The zero-order valence-electron chi connectivity index (χ0n) is 12.0. The minimum atomic E-state index is -3.71. The first-order valence-corrected chi connectivity index (χ1v) is 9.25. The van der Waals surface area contributed by atoms with E-state index in [4.69, 9.17) is 5.73 Å². The van der Waals surface area contributed by atoms with E-state index >= 15 is 0 Å². The average Bonchev–Trinajstić information content (AvgIpc) is 2.41. The summed E-state index contributed by atoms with van der Waals surface area (Å²) in [6.07, 6.45) is 3.12. The molecule has 1 fully saturated rings. The summed E-state index contributed by atoms with van der Waals surface area (Å²) < 4.78 is 28.3. The Bertz CT molecular complexity index is 611. The predicted molar refractivity (Wildman–Crippen MR) is 86.3 cm³/mol. The van der Waals surface area contributed by atoms with Crippen molar-refractivity contribution >= 4 is 31.6 Å². The molecule has 0 amide bonds. The smallest absolute Gasteiger partial charge is 0.242 e. The van der Waals surface area contributed by atoms with Crippen LogP contribution in [0.3, 0.4) is 0 Å². The summed E-state index contributed by atoms with van der Waals surface area (Å²) in [5, 5.41) is 9.69. The normalized spacial score (nSPS) is 26.7. The number of rotatable bonds is 4. The maximum atomic E-state index is 12.6. The molecule has 0 saturated heterocycles. The van der Waals surface area contributed by atoms with Gasteiger partial charge in [-0.25, -0.2) is 13.1 Å². The third-order valence-electron chi connectivity index (χ3n) is 4.13. The van der Waals surface area contributed by atoms with Gasteiger partial charge in [-0.1, -0.05) is 6.92 Å². The molecular weight excluding hydrogens is 356 g/mol.